The van der Waals surface area contributed by atoms with Gasteiger partial charge in [0.05, 0.1) is 30.7 Å². The van der Waals surface area contributed by atoms with Gasteiger partial charge in [0.1, 0.15) is 6.33 Å². The number of likely N-dealkylation sites (tertiary alicyclic amines) is 1. The van der Waals surface area contributed by atoms with E-state index >= 15 is 4.39 Å². The Labute approximate surface area is 222 Å². The Bertz CT molecular complexity index is 1460. The SMILES string of the molecule is Cn1cnnc1[C@@H](F)C1(c2cccc(N3Cc4c(cc(CN5CC6CC6C5)cc4C(F)(F)F)C3=O)c2)COC1. The molecule has 3 fully saturated rings. The molecule has 7 nitrogen and oxygen atoms in total. The van der Waals surface area contributed by atoms with Crippen LogP contribution < -0.4 is 4.90 Å². The molecule has 0 spiro atoms. The standard InChI is InChI=1S/C28H27F4N5O2/c1-35-15-33-34-25(35)24(29)27(13-39-14-27)19-3-2-4-20(8-19)37-12-22-21(26(37)38)5-16(6-23(22)28(30,31)32)9-36-10-17-7-18(17)11-36/h2-6,8,15,17-18,24H,7,9-14H2,1H3/t17?,18?,24-/m1/s1. The minimum absolute atomic E-state index is 0.0185. The maximum absolute atomic E-state index is 15.8. The molecular formula is C28H27F4N5O2. The summed E-state index contributed by atoms with van der Waals surface area (Å²) in [5.74, 6) is 0.995. The van der Waals surface area contributed by atoms with E-state index in [-0.39, 0.29) is 36.7 Å². The van der Waals surface area contributed by atoms with Crippen LogP contribution in [0.25, 0.3) is 0 Å². The number of aromatic nitrogens is 3. The summed E-state index contributed by atoms with van der Waals surface area (Å²) in [4.78, 5) is 17.1. The molecule has 3 atom stereocenters. The number of hydrogen-bond acceptors (Lipinski definition) is 5. The molecule has 4 heterocycles. The van der Waals surface area contributed by atoms with E-state index in [0.29, 0.717) is 35.2 Å². The van der Waals surface area contributed by atoms with Gasteiger partial charge in [-0.2, -0.15) is 13.2 Å². The third kappa shape index (κ3) is 3.97. The van der Waals surface area contributed by atoms with Crippen LogP contribution in [0.2, 0.25) is 0 Å². The summed E-state index contributed by atoms with van der Waals surface area (Å²) in [5.41, 5.74) is -0.224. The summed E-state index contributed by atoms with van der Waals surface area (Å²) in [6, 6.07) is 9.61. The molecule has 39 heavy (non-hydrogen) atoms. The third-order valence-corrected chi connectivity index (χ3v) is 8.78. The molecule has 7 rings (SSSR count). The number of amides is 1. The molecule has 3 aromatic rings. The molecule has 2 unspecified atom stereocenters. The van der Waals surface area contributed by atoms with E-state index in [2.05, 4.69) is 15.1 Å². The van der Waals surface area contributed by atoms with Gasteiger partial charge in [-0.1, -0.05) is 12.1 Å². The molecule has 0 N–H and O–H groups in total. The fourth-order valence-corrected chi connectivity index (χ4v) is 6.44. The minimum Gasteiger partial charge on any atom is -0.379 e. The summed E-state index contributed by atoms with van der Waals surface area (Å²) in [6.45, 7) is 2.20. The second-order valence-corrected chi connectivity index (χ2v) is 11.4. The van der Waals surface area contributed by atoms with E-state index in [1.807, 2.05) is 0 Å². The molecule has 0 bridgehead atoms. The topological polar surface area (TPSA) is 63.5 Å². The van der Waals surface area contributed by atoms with E-state index in [4.69, 9.17) is 4.74 Å². The van der Waals surface area contributed by atoms with E-state index < -0.39 is 29.2 Å². The van der Waals surface area contributed by atoms with Crippen molar-refractivity contribution in [3.63, 3.8) is 0 Å². The van der Waals surface area contributed by atoms with E-state index in [9.17, 15) is 18.0 Å². The Balaban J connectivity index is 1.21. The van der Waals surface area contributed by atoms with E-state index in [1.54, 1.807) is 37.4 Å². The molecule has 0 radical (unpaired) electrons. The van der Waals surface area contributed by atoms with Crippen LogP contribution in [0.5, 0.6) is 0 Å². The van der Waals surface area contributed by atoms with Crippen molar-refractivity contribution in [1.82, 2.24) is 19.7 Å². The first-order valence-corrected chi connectivity index (χ1v) is 13.1. The Morgan fingerprint density at radius 3 is 2.56 bits per heavy atom. The van der Waals surface area contributed by atoms with Crippen LogP contribution in [0.1, 0.15) is 51.0 Å². The number of hydrogen-bond donors (Lipinski definition) is 0. The molecule has 1 aliphatic carbocycles. The number of benzene rings is 2. The monoisotopic (exact) mass is 541 g/mol. The number of aryl methyl sites for hydroxylation is 1. The second kappa shape index (κ2) is 8.59. The summed E-state index contributed by atoms with van der Waals surface area (Å²) < 4.78 is 65.3. The van der Waals surface area contributed by atoms with Gasteiger partial charge >= 0.3 is 6.18 Å². The lowest BCUT2D eigenvalue weighted by molar-refractivity contribution is -0.138. The Kier molecular flexibility index (Phi) is 5.44. The second-order valence-electron chi connectivity index (χ2n) is 11.4. The van der Waals surface area contributed by atoms with Crippen LogP contribution in [-0.4, -0.2) is 51.9 Å². The number of carbonyl (C=O) groups excluding carboxylic acids is 1. The van der Waals surface area contributed by atoms with Crippen molar-refractivity contribution < 1.29 is 27.1 Å². The van der Waals surface area contributed by atoms with Crippen molar-refractivity contribution in [1.29, 1.82) is 0 Å². The van der Waals surface area contributed by atoms with Gasteiger partial charge in [-0.05, 0) is 59.2 Å². The largest absolute Gasteiger partial charge is 0.416 e. The quantitative estimate of drug-likeness (QED) is 0.433. The number of anilines is 1. The molecule has 3 aliphatic heterocycles. The Morgan fingerprint density at radius 1 is 1.15 bits per heavy atom. The van der Waals surface area contributed by atoms with E-state index in [1.165, 1.54) is 28.3 Å². The molecule has 2 saturated heterocycles. The summed E-state index contributed by atoms with van der Waals surface area (Å²) >= 11 is 0. The van der Waals surface area contributed by atoms with Crippen LogP contribution >= 0.6 is 0 Å². The van der Waals surface area contributed by atoms with Crippen molar-refractivity contribution in [3.8, 4) is 0 Å². The number of rotatable bonds is 6. The molecule has 204 valence electrons. The first kappa shape index (κ1) is 24.7. The van der Waals surface area contributed by atoms with Crippen molar-refractivity contribution >= 4 is 11.6 Å². The van der Waals surface area contributed by atoms with Crippen LogP contribution in [0.4, 0.5) is 23.2 Å². The molecule has 4 aliphatic rings. The van der Waals surface area contributed by atoms with Crippen LogP contribution in [0, 0.1) is 11.8 Å². The maximum Gasteiger partial charge on any atom is 0.416 e. The molecule has 1 aromatic heterocycles. The number of piperidine rings is 1. The van der Waals surface area contributed by atoms with Gasteiger partial charge in [0.25, 0.3) is 5.91 Å². The number of carbonyl (C=O) groups is 1. The maximum atomic E-state index is 15.8. The lowest BCUT2D eigenvalue weighted by Crippen LogP contribution is -2.50. The fraction of sp³-hybridized carbons (Fsp3) is 0.464. The molecular weight excluding hydrogens is 514 g/mol. The zero-order valence-corrected chi connectivity index (χ0v) is 21.3. The van der Waals surface area contributed by atoms with Gasteiger partial charge in [0, 0.05) is 37.9 Å². The van der Waals surface area contributed by atoms with Crippen molar-refractivity contribution in [3.05, 3.63) is 76.4 Å². The average Bonchev–Trinajstić information content (AvgIpc) is 3.16. The first-order valence-electron chi connectivity index (χ1n) is 13.1. The third-order valence-electron chi connectivity index (χ3n) is 8.78. The highest BCUT2D eigenvalue weighted by atomic mass is 19.4. The number of nitrogens with zero attached hydrogens (tertiary/aromatic N) is 5. The zero-order valence-electron chi connectivity index (χ0n) is 21.3. The highest BCUT2D eigenvalue weighted by Crippen LogP contribution is 2.48. The zero-order chi connectivity index (χ0) is 27.1. The summed E-state index contributed by atoms with van der Waals surface area (Å²) in [5, 5.41) is 7.70. The van der Waals surface area contributed by atoms with Crippen molar-refractivity contribution in [2.24, 2.45) is 18.9 Å². The first-order chi connectivity index (χ1) is 18.6. The highest BCUT2D eigenvalue weighted by molar-refractivity contribution is 6.10. The smallest absolute Gasteiger partial charge is 0.379 e. The van der Waals surface area contributed by atoms with Crippen LogP contribution in [0.3, 0.4) is 0 Å². The van der Waals surface area contributed by atoms with E-state index in [0.717, 1.165) is 13.1 Å². The molecule has 1 saturated carbocycles. The lowest BCUT2D eigenvalue weighted by Gasteiger charge is -2.43. The number of alkyl halides is 4. The summed E-state index contributed by atoms with van der Waals surface area (Å²) in [6.07, 6.45) is -3.48. The van der Waals surface area contributed by atoms with Crippen molar-refractivity contribution in [2.45, 2.75) is 37.3 Å². The number of fused-ring (bicyclic) bond motifs is 2. The highest BCUT2D eigenvalue weighted by Gasteiger charge is 2.51. The number of ether oxygens (including phenoxy) is 1. The Hall–Kier alpha value is -3.31. The Morgan fingerprint density at radius 2 is 1.92 bits per heavy atom. The predicted octanol–water partition coefficient (Wildman–Crippen LogP) is 4.42. The van der Waals surface area contributed by atoms with Gasteiger partial charge < -0.3 is 14.2 Å². The average molecular weight is 542 g/mol. The molecule has 2 aromatic carbocycles. The van der Waals surface area contributed by atoms with Crippen LogP contribution in [0.15, 0.2) is 42.7 Å². The lowest BCUT2D eigenvalue weighted by atomic mass is 9.74. The van der Waals surface area contributed by atoms with Gasteiger partial charge in [0.2, 0.25) is 0 Å². The molecule has 11 heteroatoms. The van der Waals surface area contributed by atoms with Crippen molar-refractivity contribution in [2.75, 3.05) is 31.2 Å². The predicted molar refractivity (Wildman–Crippen MR) is 133 cm³/mol. The van der Waals surface area contributed by atoms with Gasteiger partial charge in [-0.3, -0.25) is 9.69 Å². The van der Waals surface area contributed by atoms with Gasteiger partial charge in [-0.15, -0.1) is 10.2 Å². The summed E-state index contributed by atoms with van der Waals surface area (Å²) in [7, 11) is 1.66. The number of halogens is 4. The van der Waals surface area contributed by atoms with Crippen LogP contribution in [-0.2, 0) is 36.5 Å². The van der Waals surface area contributed by atoms with Gasteiger partial charge in [-0.25, -0.2) is 4.39 Å². The minimum atomic E-state index is -4.59. The normalized spacial score (nSPS) is 24.4. The molecule has 1 amide bonds. The van der Waals surface area contributed by atoms with Gasteiger partial charge in [0.15, 0.2) is 12.0 Å². The fourth-order valence-electron chi connectivity index (χ4n) is 6.44.